The normalized spacial score (nSPS) is 15.0. The smallest absolute Gasteiger partial charge is 0.166 e. The van der Waals surface area contributed by atoms with Gasteiger partial charge in [-0.3, -0.25) is 9.48 Å². The molecule has 0 bridgehead atoms. The number of ketones is 1. The van der Waals surface area contributed by atoms with Crippen molar-refractivity contribution in [3.63, 3.8) is 0 Å². The van der Waals surface area contributed by atoms with Crippen LogP contribution in [0.15, 0.2) is 24.3 Å². The van der Waals surface area contributed by atoms with Gasteiger partial charge in [0.25, 0.3) is 0 Å². The van der Waals surface area contributed by atoms with Crippen molar-refractivity contribution in [3.8, 4) is 0 Å². The van der Waals surface area contributed by atoms with E-state index in [1.165, 1.54) is 12.1 Å². The number of benzene rings is 1. The molecule has 1 aliphatic rings. The molecule has 3 rings (SSSR count). The average molecular weight is 300 g/mol. The molecule has 0 aliphatic heterocycles. The van der Waals surface area contributed by atoms with Crippen LogP contribution in [-0.2, 0) is 18.4 Å². The summed E-state index contributed by atoms with van der Waals surface area (Å²) in [4.78, 5) is 12.4. The largest absolute Gasteiger partial charge is 0.294 e. The van der Waals surface area contributed by atoms with Crippen molar-refractivity contribution in [2.24, 2.45) is 0 Å². The van der Waals surface area contributed by atoms with Gasteiger partial charge in [0.2, 0.25) is 0 Å². The van der Waals surface area contributed by atoms with Crippen molar-refractivity contribution in [1.82, 2.24) is 9.78 Å². The van der Waals surface area contributed by atoms with Crippen LogP contribution in [0, 0.1) is 5.82 Å². The summed E-state index contributed by atoms with van der Waals surface area (Å²) >= 11 is 0. The summed E-state index contributed by atoms with van der Waals surface area (Å²) < 4.78 is 15.0. The molecule has 3 nitrogen and oxygen atoms in total. The Morgan fingerprint density at radius 3 is 2.50 bits per heavy atom. The summed E-state index contributed by atoms with van der Waals surface area (Å²) in [5.74, 6) is -0.0340. The highest BCUT2D eigenvalue weighted by atomic mass is 19.1. The molecule has 0 amide bonds. The second kappa shape index (κ2) is 5.34. The Balaban J connectivity index is 2.05. The number of hydrogen-bond donors (Lipinski definition) is 0. The Morgan fingerprint density at radius 2 is 1.86 bits per heavy atom. The molecule has 0 N–H and O–H groups in total. The predicted molar refractivity (Wildman–Crippen MR) is 83.7 cm³/mol. The lowest BCUT2D eigenvalue weighted by atomic mass is 9.84. The Kier molecular flexibility index (Phi) is 3.63. The highest BCUT2D eigenvalue weighted by Crippen LogP contribution is 2.32. The van der Waals surface area contributed by atoms with Crippen molar-refractivity contribution >= 4 is 5.78 Å². The molecule has 2 aromatic rings. The maximum atomic E-state index is 13.0. The number of carbonyl (C=O) groups excluding carboxylic acids is 1. The van der Waals surface area contributed by atoms with Gasteiger partial charge in [-0.15, -0.1) is 0 Å². The van der Waals surface area contributed by atoms with Gasteiger partial charge < -0.3 is 0 Å². The lowest BCUT2D eigenvalue weighted by Gasteiger charge is -2.19. The minimum absolute atomic E-state index is 0.162. The molecule has 1 heterocycles. The summed E-state index contributed by atoms with van der Waals surface area (Å²) in [5.41, 5.74) is 3.57. The van der Waals surface area contributed by atoms with Crippen LogP contribution in [0.3, 0.4) is 0 Å². The molecule has 0 fully saturated rings. The van der Waals surface area contributed by atoms with E-state index < -0.39 is 0 Å². The average Bonchev–Trinajstić information content (AvgIpc) is 2.82. The Morgan fingerprint density at radius 1 is 1.18 bits per heavy atom. The second-order valence-electron chi connectivity index (χ2n) is 6.98. The van der Waals surface area contributed by atoms with E-state index in [4.69, 9.17) is 5.10 Å². The number of fused-ring (bicyclic) bond motifs is 1. The molecule has 0 atom stereocenters. The standard InChI is InChI=1S/C18H21FN2O/c1-18(2,3)17-16-14(5-4-6-15(16)22)21(20-17)11-12-7-9-13(19)10-8-12/h7-10H,4-6,11H2,1-3H3. The Bertz CT molecular complexity index is 708. The second-order valence-corrected chi connectivity index (χ2v) is 6.98. The van der Waals surface area contributed by atoms with Crippen LogP contribution in [0.1, 0.15) is 60.9 Å². The number of rotatable bonds is 2. The summed E-state index contributed by atoms with van der Waals surface area (Å²) in [6.07, 6.45) is 2.37. The quantitative estimate of drug-likeness (QED) is 0.843. The van der Waals surface area contributed by atoms with E-state index in [9.17, 15) is 9.18 Å². The SMILES string of the molecule is CC(C)(C)c1nn(Cc2ccc(F)cc2)c2c1C(=O)CCC2. The third-order valence-corrected chi connectivity index (χ3v) is 4.11. The molecule has 1 aliphatic carbocycles. The van der Waals surface area contributed by atoms with Gasteiger partial charge in [0.05, 0.1) is 17.8 Å². The first-order valence-corrected chi connectivity index (χ1v) is 7.74. The first-order valence-electron chi connectivity index (χ1n) is 7.74. The lowest BCUT2D eigenvalue weighted by Crippen LogP contribution is -2.19. The molecule has 0 spiro atoms. The number of halogens is 1. The van der Waals surface area contributed by atoms with E-state index in [1.807, 2.05) is 4.68 Å². The molecule has 4 heteroatoms. The fraction of sp³-hybridized carbons (Fsp3) is 0.444. The van der Waals surface area contributed by atoms with E-state index in [2.05, 4.69) is 20.8 Å². The fourth-order valence-corrected chi connectivity index (χ4v) is 3.00. The summed E-state index contributed by atoms with van der Waals surface area (Å²) in [6, 6.07) is 6.46. The third-order valence-electron chi connectivity index (χ3n) is 4.11. The first-order chi connectivity index (χ1) is 10.4. The summed E-state index contributed by atoms with van der Waals surface area (Å²) in [5, 5.41) is 4.73. The van der Waals surface area contributed by atoms with Gasteiger partial charge in [0.15, 0.2) is 5.78 Å². The van der Waals surface area contributed by atoms with Crippen molar-refractivity contribution < 1.29 is 9.18 Å². The molecule has 0 saturated carbocycles. The zero-order chi connectivity index (χ0) is 15.9. The lowest BCUT2D eigenvalue weighted by molar-refractivity contribution is 0.0969. The topological polar surface area (TPSA) is 34.9 Å². The molecule has 1 aromatic heterocycles. The van der Waals surface area contributed by atoms with E-state index in [0.717, 1.165) is 35.4 Å². The maximum absolute atomic E-state index is 13.0. The Hall–Kier alpha value is -1.97. The maximum Gasteiger partial charge on any atom is 0.166 e. The number of hydrogen-bond acceptors (Lipinski definition) is 2. The van der Waals surface area contributed by atoms with Crippen LogP contribution in [0.25, 0.3) is 0 Å². The highest BCUT2D eigenvalue weighted by Gasteiger charge is 2.32. The zero-order valence-electron chi connectivity index (χ0n) is 13.3. The third kappa shape index (κ3) is 2.70. The number of aromatic nitrogens is 2. The van der Waals surface area contributed by atoms with Gasteiger partial charge in [-0.1, -0.05) is 32.9 Å². The minimum Gasteiger partial charge on any atom is -0.294 e. The van der Waals surface area contributed by atoms with E-state index >= 15 is 0 Å². The number of carbonyl (C=O) groups is 1. The molecule has 22 heavy (non-hydrogen) atoms. The highest BCUT2D eigenvalue weighted by molar-refractivity contribution is 5.99. The van der Waals surface area contributed by atoms with Gasteiger partial charge in [0.1, 0.15) is 5.82 Å². The van der Waals surface area contributed by atoms with Crippen molar-refractivity contribution in [1.29, 1.82) is 0 Å². The molecule has 116 valence electrons. The first kappa shape index (κ1) is 14.9. The van der Waals surface area contributed by atoms with Crippen LogP contribution in [0.2, 0.25) is 0 Å². The monoisotopic (exact) mass is 300 g/mol. The van der Waals surface area contributed by atoms with Crippen LogP contribution in [0.4, 0.5) is 4.39 Å². The van der Waals surface area contributed by atoms with Crippen LogP contribution in [-0.4, -0.2) is 15.6 Å². The molecule has 0 unspecified atom stereocenters. The van der Waals surface area contributed by atoms with Gasteiger partial charge in [0, 0.05) is 17.5 Å². The minimum atomic E-state index is -0.239. The van der Waals surface area contributed by atoms with Crippen LogP contribution >= 0.6 is 0 Å². The van der Waals surface area contributed by atoms with Crippen molar-refractivity contribution in [2.45, 2.75) is 52.0 Å². The van der Waals surface area contributed by atoms with Crippen molar-refractivity contribution in [3.05, 3.63) is 52.6 Å². The van der Waals surface area contributed by atoms with Gasteiger partial charge in [-0.05, 0) is 30.5 Å². The van der Waals surface area contributed by atoms with Gasteiger partial charge in [-0.25, -0.2) is 4.39 Å². The van der Waals surface area contributed by atoms with Crippen LogP contribution < -0.4 is 0 Å². The molecular weight excluding hydrogens is 279 g/mol. The van der Waals surface area contributed by atoms with Crippen LogP contribution in [0.5, 0.6) is 0 Å². The van der Waals surface area contributed by atoms with E-state index in [1.54, 1.807) is 12.1 Å². The van der Waals surface area contributed by atoms with E-state index in [-0.39, 0.29) is 17.0 Å². The zero-order valence-corrected chi connectivity index (χ0v) is 13.3. The van der Waals surface area contributed by atoms with Gasteiger partial charge >= 0.3 is 0 Å². The Labute approximate surface area is 130 Å². The molecule has 0 radical (unpaired) electrons. The summed E-state index contributed by atoms with van der Waals surface area (Å²) in [6.45, 7) is 6.82. The number of nitrogens with zero attached hydrogens (tertiary/aromatic N) is 2. The number of Topliss-reactive ketones (excluding diaryl/α,β-unsaturated/α-hetero) is 1. The molecule has 0 saturated heterocycles. The van der Waals surface area contributed by atoms with Crippen molar-refractivity contribution in [2.75, 3.05) is 0 Å². The fourth-order valence-electron chi connectivity index (χ4n) is 3.00. The summed E-state index contributed by atoms with van der Waals surface area (Å²) in [7, 11) is 0. The molecular formula is C18H21FN2O. The van der Waals surface area contributed by atoms with Gasteiger partial charge in [-0.2, -0.15) is 5.10 Å². The van der Waals surface area contributed by atoms with E-state index in [0.29, 0.717) is 13.0 Å². The molecule has 1 aromatic carbocycles. The predicted octanol–water partition coefficient (Wildman–Crippen LogP) is 3.89.